The van der Waals surface area contributed by atoms with E-state index in [0.29, 0.717) is 11.5 Å². The average molecular weight is 208 g/mol. The molecule has 1 aromatic carbocycles. The van der Waals surface area contributed by atoms with Gasteiger partial charge < -0.3 is 14.6 Å². The van der Waals surface area contributed by atoms with Crippen molar-refractivity contribution in [3.8, 4) is 11.5 Å². The van der Waals surface area contributed by atoms with Gasteiger partial charge in [0.15, 0.2) is 17.3 Å². The summed E-state index contributed by atoms with van der Waals surface area (Å²) >= 11 is 0. The lowest BCUT2D eigenvalue weighted by Crippen LogP contribution is -2.54. The Balaban J connectivity index is 2.40. The molecule has 0 amide bonds. The van der Waals surface area contributed by atoms with Gasteiger partial charge in [0.1, 0.15) is 0 Å². The van der Waals surface area contributed by atoms with Gasteiger partial charge in [-0.25, -0.2) is 0 Å². The molecule has 0 saturated heterocycles. The molecule has 0 aliphatic carbocycles. The first-order valence-corrected chi connectivity index (χ1v) is 4.68. The first-order chi connectivity index (χ1) is 7.00. The quantitative estimate of drug-likeness (QED) is 0.751. The number of ether oxygens (including phenoxy) is 2. The number of para-hydroxylation sites is 2. The molecule has 80 valence electrons. The summed E-state index contributed by atoms with van der Waals surface area (Å²) in [5.74, 6) is -0.959. The number of fused-ring (bicyclic) bond motifs is 1. The lowest BCUT2D eigenvalue weighted by molar-refractivity contribution is -0.199. The molecule has 0 saturated carbocycles. The fraction of sp³-hybridized carbons (Fsp3) is 0.364. The molecule has 4 heteroatoms. The highest BCUT2D eigenvalue weighted by Crippen LogP contribution is 2.36. The maximum Gasteiger partial charge on any atom is 0.250 e. The minimum atomic E-state index is -1.61. The number of hydrogen-bond acceptors (Lipinski definition) is 4. The van der Waals surface area contributed by atoms with Crippen LogP contribution in [0.15, 0.2) is 24.3 Å². The van der Waals surface area contributed by atoms with Crippen molar-refractivity contribution in [2.75, 3.05) is 0 Å². The normalized spacial score (nSPS) is 28.6. The molecule has 4 nitrogen and oxygen atoms in total. The number of carbonyl (C=O) groups excluding carboxylic acids is 1. The van der Waals surface area contributed by atoms with Gasteiger partial charge in [0.05, 0.1) is 0 Å². The van der Waals surface area contributed by atoms with E-state index < -0.39 is 11.9 Å². The Hall–Kier alpha value is -1.55. The highest BCUT2D eigenvalue weighted by molar-refractivity contribution is 5.82. The van der Waals surface area contributed by atoms with Crippen molar-refractivity contribution in [3.63, 3.8) is 0 Å². The highest BCUT2D eigenvalue weighted by Gasteiger charge is 2.43. The Labute approximate surface area is 87.4 Å². The minimum absolute atomic E-state index is 0.269. The molecule has 1 aliphatic heterocycles. The summed E-state index contributed by atoms with van der Waals surface area (Å²) in [5.41, 5.74) is 0. The first kappa shape index (κ1) is 9.98. The van der Waals surface area contributed by atoms with Crippen LogP contribution in [0.1, 0.15) is 13.8 Å². The van der Waals surface area contributed by atoms with Gasteiger partial charge in [-0.15, -0.1) is 0 Å². The fourth-order valence-electron chi connectivity index (χ4n) is 1.60. The van der Waals surface area contributed by atoms with Crippen molar-refractivity contribution < 1.29 is 19.4 Å². The van der Waals surface area contributed by atoms with E-state index >= 15 is 0 Å². The zero-order valence-corrected chi connectivity index (χ0v) is 8.56. The Morgan fingerprint density at radius 1 is 1.40 bits per heavy atom. The summed E-state index contributed by atoms with van der Waals surface area (Å²) in [7, 11) is 0. The van der Waals surface area contributed by atoms with Gasteiger partial charge in [-0.2, -0.15) is 0 Å². The number of rotatable bonds is 1. The van der Waals surface area contributed by atoms with Crippen LogP contribution in [0.2, 0.25) is 0 Å². The van der Waals surface area contributed by atoms with Gasteiger partial charge in [0.25, 0.3) is 0 Å². The van der Waals surface area contributed by atoms with Gasteiger partial charge in [-0.1, -0.05) is 12.1 Å². The van der Waals surface area contributed by atoms with Crippen LogP contribution in [0.3, 0.4) is 0 Å². The molecule has 15 heavy (non-hydrogen) atoms. The Morgan fingerprint density at radius 3 is 2.60 bits per heavy atom. The summed E-state index contributed by atoms with van der Waals surface area (Å²) in [6.07, 6.45) is -0.979. The standard InChI is InChI=1S/C11H12O4/c1-7(12)10-11(2,13)15-9-6-4-3-5-8(9)14-10/h3-6,10,13H,1-2H3/t10-,11+/m0/s1. The molecule has 0 radical (unpaired) electrons. The SMILES string of the molecule is CC(=O)[C@@H]1Oc2ccccc2O[C@@]1(C)O. The van der Waals surface area contributed by atoms with Gasteiger partial charge in [0, 0.05) is 6.92 Å². The third-order valence-corrected chi connectivity index (χ3v) is 2.27. The van der Waals surface area contributed by atoms with Crippen molar-refractivity contribution in [2.45, 2.75) is 25.7 Å². The largest absolute Gasteiger partial charge is 0.472 e. The van der Waals surface area contributed by atoms with Gasteiger partial charge in [-0.05, 0) is 19.1 Å². The molecule has 1 heterocycles. The second-order valence-electron chi connectivity index (χ2n) is 3.71. The fourth-order valence-corrected chi connectivity index (χ4v) is 1.60. The van der Waals surface area contributed by atoms with Crippen LogP contribution >= 0.6 is 0 Å². The smallest absolute Gasteiger partial charge is 0.250 e. The molecule has 2 atom stereocenters. The molecule has 2 rings (SSSR count). The summed E-state index contributed by atoms with van der Waals surface area (Å²) in [6.45, 7) is 2.77. The molecule has 1 aromatic rings. The van der Waals surface area contributed by atoms with E-state index in [-0.39, 0.29) is 5.78 Å². The molecular formula is C11H12O4. The van der Waals surface area contributed by atoms with E-state index in [9.17, 15) is 9.90 Å². The lowest BCUT2D eigenvalue weighted by atomic mass is 10.1. The predicted molar refractivity (Wildman–Crippen MR) is 52.8 cm³/mol. The number of benzene rings is 1. The summed E-state index contributed by atoms with van der Waals surface area (Å²) in [6, 6.07) is 6.92. The first-order valence-electron chi connectivity index (χ1n) is 4.68. The molecular weight excluding hydrogens is 196 g/mol. The summed E-state index contributed by atoms with van der Waals surface area (Å²) in [5, 5.41) is 9.88. The lowest BCUT2D eigenvalue weighted by Gasteiger charge is -2.36. The Morgan fingerprint density at radius 2 is 2.00 bits per heavy atom. The zero-order chi connectivity index (χ0) is 11.1. The molecule has 1 N–H and O–H groups in total. The highest BCUT2D eigenvalue weighted by atomic mass is 16.7. The number of Topliss-reactive ketones (excluding diaryl/α,β-unsaturated/α-hetero) is 1. The van der Waals surface area contributed by atoms with Gasteiger partial charge in [0.2, 0.25) is 11.9 Å². The van der Waals surface area contributed by atoms with Crippen molar-refractivity contribution in [1.29, 1.82) is 0 Å². The zero-order valence-electron chi connectivity index (χ0n) is 8.56. The molecule has 1 aliphatic rings. The number of hydrogen-bond donors (Lipinski definition) is 1. The minimum Gasteiger partial charge on any atom is -0.472 e. The van der Waals surface area contributed by atoms with E-state index in [1.807, 2.05) is 0 Å². The molecule has 0 unspecified atom stereocenters. The van der Waals surface area contributed by atoms with Crippen molar-refractivity contribution in [3.05, 3.63) is 24.3 Å². The van der Waals surface area contributed by atoms with Gasteiger partial charge >= 0.3 is 0 Å². The summed E-state index contributed by atoms with van der Waals surface area (Å²) in [4.78, 5) is 11.3. The maximum atomic E-state index is 11.3. The second kappa shape index (κ2) is 3.24. The van der Waals surface area contributed by atoms with E-state index in [1.54, 1.807) is 24.3 Å². The van der Waals surface area contributed by atoms with Crippen LogP contribution in [-0.2, 0) is 4.79 Å². The van der Waals surface area contributed by atoms with Crippen LogP contribution in [0.25, 0.3) is 0 Å². The van der Waals surface area contributed by atoms with Crippen LogP contribution in [0.4, 0.5) is 0 Å². The third kappa shape index (κ3) is 1.68. The van der Waals surface area contributed by atoms with Crippen LogP contribution < -0.4 is 9.47 Å². The average Bonchev–Trinajstić information content (AvgIpc) is 2.14. The van der Waals surface area contributed by atoms with Crippen LogP contribution in [0, 0.1) is 0 Å². The molecule has 0 fully saturated rings. The van der Waals surface area contributed by atoms with Crippen molar-refractivity contribution >= 4 is 5.78 Å². The van der Waals surface area contributed by atoms with Crippen LogP contribution in [-0.4, -0.2) is 22.8 Å². The number of ketones is 1. The molecule has 0 bridgehead atoms. The van der Waals surface area contributed by atoms with Crippen molar-refractivity contribution in [1.82, 2.24) is 0 Å². The third-order valence-electron chi connectivity index (χ3n) is 2.27. The Bertz CT molecular complexity index is 397. The second-order valence-corrected chi connectivity index (χ2v) is 3.71. The molecule has 0 spiro atoms. The van der Waals surface area contributed by atoms with Crippen LogP contribution in [0.5, 0.6) is 11.5 Å². The topological polar surface area (TPSA) is 55.8 Å². The monoisotopic (exact) mass is 208 g/mol. The Kier molecular flexibility index (Phi) is 2.16. The predicted octanol–water partition coefficient (Wildman–Crippen LogP) is 1.12. The molecule has 0 aromatic heterocycles. The summed E-state index contributed by atoms with van der Waals surface area (Å²) < 4.78 is 10.7. The van der Waals surface area contributed by atoms with Gasteiger partial charge in [-0.3, -0.25) is 4.79 Å². The van der Waals surface area contributed by atoms with E-state index in [0.717, 1.165) is 0 Å². The van der Waals surface area contributed by atoms with Crippen molar-refractivity contribution in [2.24, 2.45) is 0 Å². The van der Waals surface area contributed by atoms with E-state index in [2.05, 4.69) is 0 Å². The van der Waals surface area contributed by atoms with E-state index in [4.69, 9.17) is 9.47 Å². The number of aliphatic hydroxyl groups is 1. The van der Waals surface area contributed by atoms with E-state index in [1.165, 1.54) is 13.8 Å². The maximum absolute atomic E-state index is 11.3. The number of carbonyl (C=O) groups is 1.